The van der Waals surface area contributed by atoms with Crippen LogP contribution in [0.25, 0.3) is 0 Å². The highest BCUT2D eigenvalue weighted by molar-refractivity contribution is 7.95. The quantitative estimate of drug-likeness (QED) is 0.852. The van der Waals surface area contributed by atoms with Crippen LogP contribution in [0.1, 0.15) is 19.3 Å². The van der Waals surface area contributed by atoms with Gasteiger partial charge < -0.3 is 5.32 Å². The van der Waals surface area contributed by atoms with Gasteiger partial charge in [0.15, 0.2) is 4.91 Å². The highest BCUT2D eigenvalue weighted by atomic mass is 35.5. The minimum atomic E-state index is -4.21. The maximum atomic E-state index is 13.7. The summed E-state index contributed by atoms with van der Waals surface area (Å²) in [5.74, 6) is -0.918. The zero-order chi connectivity index (χ0) is 14.8. The molecule has 0 atom stereocenters. The number of nitrogens with zero attached hydrogens (tertiary/aromatic N) is 1. The second-order valence-corrected chi connectivity index (χ2v) is 6.67. The van der Waals surface area contributed by atoms with Crippen LogP contribution in [0.5, 0.6) is 0 Å². The van der Waals surface area contributed by atoms with E-state index in [1.54, 1.807) is 6.07 Å². The fourth-order valence-corrected chi connectivity index (χ4v) is 3.71. The molecule has 7 heteroatoms. The Kier molecular flexibility index (Phi) is 4.31. The first-order chi connectivity index (χ1) is 9.46. The Hall–Kier alpha value is -1.58. The minimum absolute atomic E-state index is 0.101. The van der Waals surface area contributed by atoms with Crippen LogP contribution in [0.3, 0.4) is 0 Å². The predicted molar refractivity (Wildman–Crippen MR) is 73.1 cm³/mol. The van der Waals surface area contributed by atoms with E-state index in [4.69, 9.17) is 16.9 Å². The number of halogens is 2. The SMILES string of the molecule is N#CC(=C1CCCCN1)S(=O)(=O)c1cc(Cl)ccc1F. The summed E-state index contributed by atoms with van der Waals surface area (Å²) < 4.78 is 38.6. The molecule has 0 bridgehead atoms. The predicted octanol–water partition coefficient (Wildman–Crippen LogP) is 2.76. The van der Waals surface area contributed by atoms with E-state index < -0.39 is 25.5 Å². The Morgan fingerprint density at radius 2 is 2.15 bits per heavy atom. The van der Waals surface area contributed by atoms with Gasteiger partial charge in [0.2, 0.25) is 9.84 Å². The van der Waals surface area contributed by atoms with Crippen LogP contribution in [0.15, 0.2) is 33.7 Å². The number of hydrogen-bond acceptors (Lipinski definition) is 4. The molecule has 1 aromatic carbocycles. The van der Waals surface area contributed by atoms with Crippen molar-refractivity contribution in [3.63, 3.8) is 0 Å². The van der Waals surface area contributed by atoms with Crippen LogP contribution < -0.4 is 5.32 Å². The molecule has 1 saturated heterocycles. The summed E-state index contributed by atoms with van der Waals surface area (Å²) in [4.78, 5) is -1.00. The molecule has 1 aliphatic heterocycles. The minimum Gasteiger partial charge on any atom is -0.387 e. The first-order valence-electron chi connectivity index (χ1n) is 6.04. The summed E-state index contributed by atoms with van der Waals surface area (Å²) >= 11 is 5.71. The largest absolute Gasteiger partial charge is 0.387 e. The second-order valence-electron chi connectivity index (χ2n) is 4.38. The summed E-state index contributed by atoms with van der Waals surface area (Å²) in [6, 6.07) is 4.93. The van der Waals surface area contributed by atoms with Gasteiger partial charge in [0, 0.05) is 17.3 Å². The molecule has 106 valence electrons. The lowest BCUT2D eigenvalue weighted by Gasteiger charge is -2.18. The van der Waals surface area contributed by atoms with Crippen molar-refractivity contribution in [3.8, 4) is 6.07 Å². The maximum Gasteiger partial charge on any atom is 0.221 e. The molecule has 2 rings (SSSR count). The molecule has 0 unspecified atom stereocenters. The fourth-order valence-electron chi connectivity index (χ4n) is 2.03. The molecular formula is C13H12ClFN2O2S. The first kappa shape index (κ1) is 14.8. The summed E-state index contributed by atoms with van der Waals surface area (Å²) in [6.07, 6.45) is 2.17. The molecule has 1 heterocycles. The molecular weight excluding hydrogens is 303 g/mol. The van der Waals surface area contributed by atoms with Crippen molar-refractivity contribution < 1.29 is 12.8 Å². The van der Waals surface area contributed by atoms with Crippen LogP contribution in [-0.2, 0) is 9.84 Å². The van der Waals surface area contributed by atoms with Crippen molar-refractivity contribution in [2.24, 2.45) is 0 Å². The van der Waals surface area contributed by atoms with Gasteiger partial charge >= 0.3 is 0 Å². The van der Waals surface area contributed by atoms with E-state index in [1.165, 1.54) is 6.07 Å². The molecule has 0 radical (unpaired) electrons. The third kappa shape index (κ3) is 2.79. The van der Waals surface area contributed by atoms with Gasteiger partial charge in [-0.2, -0.15) is 5.26 Å². The number of nitriles is 1. The smallest absolute Gasteiger partial charge is 0.221 e. The van der Waals surface area contributed by atoms with Gasteiger partial charge in [-0.15, -0.1) is 0 Å². The van der Waals surface area contributed by atoms with Crippen LogP contribution >= 0.6 is 11.6 Å². The first-order valence-corrected chi connectivity index (χ1v) is 7.90. The van der Waals surface area contributed by atoms with Gasteiger partial charge in [-0.1, -0.05) is 11.6 Å². The van der Waals surface area contributed by atoms with Gasteiger partial charge in [0.1, 0.15) is 16.8 Å². The Bertz CT molecular complexity index is 700. The lowest BCUT2D eigenvalue weighted by molar-refractivity contribution is 0.565. The lowest BCUT2D eigenvalue weighted by atomic mass is 10.1. The Balaban J connectivity index is 2.59. The number of rotatable bonds is 2. The molecule has 1 aromatic rings. The van der Waals surface area contributed by atoms with Gasteiger partial charge in [0.25, 0.3) is 0 Å². The molecule has 0 spiro atoms. The number of sulfone groups is 1. The van der Waals surface area contributed by atoms with E-state index in [1.807, 2.05) is 0 Å². The average Bonchev–Trinajstić information content (AvgIpc) is 2.43. The molecule has 0 aromatic heterocycles. The third-order valence-corrected chi connectivity index (χ3v) is 5.02. The summed E-state index contributed by atoms with van der Waals surface area (Å²) in [7, 11) is -4.21. The van der Waals surface area contributed by atoms with E-state index in [2.05, 4.69) is 5.32 Å². The average molecular weight is 315 g/mol. The van der Waals surface area contributed by atoms with Crippen LogP contribution in [0, 0.1) is 17.1 Å². The van der Waals surface area contributed by atoms with Crippen molar-refractivity contribution in [1.29, 1.82) is 5.26 Å². The zero-order valence-corrected chi connectivity index (χ0v) is 12.1. The molecule has 1 aliphatic rings. The van der Waals surface area contributed by atoms with E-state index in [0.717, 1.165) is 25.0 Å². The van der Waals surface area contributed by atoms with E-state index in [0.29, 0.717) is 18.7 Å². The molecule has 0 aliphatic carbocycles. The molecule has 0 saturated carbocycles. The normalized spacial score (nSPS) is 18.1. The maximum absolute atomic E-state index is 13.7. The molecule has 1 N–H and O–H groups in total. The molecule has 20 heavy (non-hydrogen) atoms. The Labute approximate surface area is 121 Å². The highest BCUT2D eigenvalue weighted by Crippen LogP contribution is 2.28. The fraction of sp³-hybridized carbons (Fsp3) is 0.308. The number of hydrogen-bond donors (Lipinski definition) is 1. The lowest BCUT2D eigenvalue weighted by Crippen LogP contribution is -2.23. The monoisotopic (exact) mass is 314 g/mol. The van der Waals surface area contributed by atoms with Crippen LogP contribution in [0.2, 0.25) is 5.02 Å². The van der Waals surface area contributed by atoms with Crippen molar-refractivity contribution in [2.75, 3.05) is 6.54 Å². The third-order valence-electron chi connectivity index (χ3n) is 3.02. The van der Waals surface area contributed by atoms with Crippen molar-refractivity contribution >= 4 is 21.4 Å². The van der Waals surface area contributed by atoms with Crippen molar-refractivity contribution in [3.05, 3.63) is 39.6 Å². The highest BCUT2D eigenvalue weighted by Gasteiger charge is 2.28. The zero-order valence-electron chi connectivity index (χ0n) is 10.5. The summed E-state index contributed by atoms with van der Waals surface area (Å²) in [5.41, 5.74) is 0.345. The number of benzene rings is 1. The summed E-state index contributed by atoms with van der Waals surface area (Å²) in [6.45, 7) is 0.605. The number of piperidine rings is 1. The van der Waals surface area contributed by atoms with Gasteiger partial charge in [0.05, 0.1) is 0 Å². The standard InChI is InChI=1S/C13H12ClFN2O2S/c14-9-4-5-10(15)12(7-9)20(18,19)13(8-16)11-3-1-2-6-17-11/h4-5,7,17H,1-3,6H2. The van der Waals surface area contributed by atoms with E-state index >= 15 is 0 Å². The molecule has 1 fully saturated rings. The Morgan fingerprint density at radius 1 is 1.40 bits per heavy atom. The van der Waals surface area contributed by atoms with Crippen molar-refractivity contribution in [1.82, 2.24) is 5.32 Å². The van der Waals surface area contributed by atoms with Crippen LogP contribution in [0.4, 0.5) is 4.39 Å². The van der Waals surface area contributed by atoms with Crippen LogP contribution in [-0.4, -0.2) is 15.0 Å². The molecule has 4 nitrogen and oxygen atoms in total. The van der Waals surface area contributed by atoms with Crippen molar-refractivity contribution in [2.45, 2.75) is 24.2 Å². The van der Waals surface area contributed by atoms with E-state index in [9.17, 15) is 12.8 Å². The second kappa shape index (κ2) is 5.81. The number of allylic oxidation sites excluding steroid dienone is 2. The van der Waals surface area contributed by atoms with Gasteiger partial charge in [-0.05, 0) is 37.5 Å². The molecule has 0 amide bonds. The summed E-state index contributed by atoms with van der Waals surface area (Å²) in [5, 5.41) is 12.2. The Morgan fingerprint density at radius 3 is 2.75 bits per heavy atom. The van der Waals surface area contributed by atoms with E-state index in [-0.39, 0.29) is 5.02 Å². The van der Waals surface area contributed by atoms with Gasteiger partial charge in [-0.3, -0.25) is 0 Å². The van der Waals surface area contributed by atoms with Gasteiger partial charge in [-0.25, -0.2) is 12.8 Å². The number of nitrogens with one attached hydrogen (secondary N) is 1. The topological polar surface area (TPSA) is 70.0 Å².